The van der Waals surface area contributed by atoms with Crippen molar-refractivity contribution in [3.05, 3.63) is 0 Å². The Morgan fingerprint density at radius 2 is 1.56 bits per heavy atom. The quantitative estimate of drug-likeness (QED) is 0.154. The number of hydrogen-bond acceptors (Lipinski definition) is 6. The van der Waals surface area contributed by atoms with Crippen molar-refractivity contribution in [1.29, 1.82) is 0 Å². The van der Waals surface area contributed by atoms with Crippen LogP contribution in [0.15, 0.2) is 0 Å². The highest BCUT2D eigenvalue weighted by Crippen LogP contribution is 2.35. The molecular formula is C28H54O5S. The first kappa shape index (κ1) is 35.4. The van der Waals surface area contributed by atoms with Crippen molar-refractivity contribution in [1.82, 2.24) is 0 Å². The average molecular weight is 503 g/mol. The minimum absolute atomic E-state index is 0. The molecule has 0 aliphatic carbocycles. The van der Waals surface area contributed by atoms with E-state index < -0.39 is 5.60 Å². The molecule has 0 aromatic rings. The standard InChI is InChI=1S/C16H32O5.C11H18S.CH4/c1-14(2)6-8-18-10-12-20-13-11-19-9-7-15(17)21-16(3,4)5;1-4-5-10-6-7-12-8-11(10)9(2)3;/h14H,6-13H2,1-5H3;1,9-11H,5-8H2,2-3H3;1H4. The molecule has 0 aromatic carbocycles. The van der Waals surface area contributed by atoms with Crippen LogP contribution >= 0.6 is 11.8 Å². The molecule has 0 N–H and O–H groups in total. The van der Waals surface area contributed by atoms with Crippen LogP contribution in [-0.2, 0) is 23.7 Å². The first-order valence-electron chi connectivity index (χ1n) is 12.5. The number of ether oxygens (including phenoxy) is 4. The van der Waals surface area contributed by atoms with Crippen LogP contribution in [0, 0.1) is 36.0 Å². The Hall–Kier alpha value is -0.740. The molecule has 0 radical (unpaired) electrons. The molecule has 0 aromatic heterocycles. The Morgan fingerprint density at radius 1 is 1.00 bits per heavy atom. The van der Waals surface area contributed by atoms with E-state index in [0.29, 0.717) is 39.0 Å². The maximum atomic E-state index is 11.4. The number of esters is 1. The van der Waals surface area contributed by atoms with Crippen LogP contribution in [0.5, 0.6) is 0 Å². The molecule has 5 nitrogen and oxygen atoms in total. The summed E-state index contributed by atoms with van der Waals surface area (Å²) in [6.07, 6.45) is 9.04. The highest BCUT2D eigenvalue weighted by Gasteiger charge is 2.26. The summed E-state index contributed by atoms with van der Waals surface area (Å²) in [7, 11) is 0. The third kappa shape index (κ3) is 21.8. The molecule has 0 saturated carbocycles. The molecule has 1 aliphatic heterocycles. The average Bonchev–Trinajstić information content (AvgIpc) is 2.71. The van der Waals surface area contributed by atoms with E-state index >= 15 is 0 Å². The van der Waals surface area contributed by atoms with Crippen LogP contribution in [0.25, 0.3) is 0 Å². The molecule has 34 heavy (non-hydrogen) atoms. The SMILES string of the molecule is C.C#CCC1CCSCC1C(C)C.CC(C)CCOCCOCCOCCC(=O)OC(C)(C)C. The lowest BCUT2D eigenvalue weighted by Gasteiger charge is -2.32. The Bertz CT molecular complexity index is 522. The molecule has 2 atom stereocenters. The summed E-state index contributed by atoms with van der Waals surface area (Å²) in [4.78, 5) is 11.4. The Balaban J connectivity index is 0. The van der Waals surface area contributed by atoms with E-state index in [2.05, 4.69) is 45.4 Å². The lowest BCUT2D eigenvalue weighted by Crippen LogP contribution is -2.26. The highest BCUT2D eigenvalue weighted by atomic mass is 32.2. The number of terminal acetylenes is 1. The monoisotopic (exact) mass is 502 g/mol. The summed E-state index contributed by atoms with van der Waals surface area (Å²) in [6.45, 7) is 17.9. The summed E-state index contributed by atoms with van der Waals surface area (Å²) >= 11 is 2.09. The van der Waals surface area contributed by atoms with Crippen LogP contribution in [-0.4, -0.2) is 62.7 Å². The number of carbonyl (C=O) groups is 1. The van der Waals surface area contributed by atoms with Gasteiger partial charge in [-0.1, -0.05) is 35.1 Å². The van der Waals surface area contributed by atoms with Crippen molar-refractivity contribution < 1.29 is 23.7 Å². The fraction of sp³-hybridized carbons (Fsp3) is 0.893. The number of carbonyl (C=O) groups excluding carboxylic acids is 1. The van der Waals surface area contributed by atoms with E-state index in [1.54, 1.807) is 0 Å². The predicted octanol–water partition coefficient (Wildman–Crippen LogP) is 6.49. The van der Waals surface area contributed by atoms with Crippen molar-refractivity contribution in [2.24, 2.45) is 23.7 Å². The van der Waals surface area contributed by atoms with Gasteiger partial charge in [0.1, 0.15) is 5.60 Å². The smallest absolute Gasteiger partial charge is 0.308 e. The maximum Gasteiger partial charge on any atom is 0.308 e. The van der Waals surface area contributed by atoms with Crippen LogP contribution in [0.4, 0.5) is 0 Å². The highest BCUT2D eigenvalue weighted by molar-refractivity contribution is 7.99. The number of rotatable bonds is 14. The van der Waals surface area contributed by atoms with Crippen molar-refractivity contribution in [2.45, 2.75) is 87.2 Å². The van der Waals surface area contributed by atoms with Gasteiger partial charge in [0.25, 0.3) is 0 Å². The van der Waals surface area contributed by atoms with Gasteiger partial charge in [0.05, 0.1) is 39.5 Å². The first-order valence-corrected chi connectivity index (χ1v) is 13.7. The Morgan fingerprint density at radius 3 is 2.06 bits per heavy atom. The van der Waals surface area contributed by atoms with Gasteiger partial charge in [-0.05, 0) is 68.8 Å². The molecule has 1 rings (SSSR count). The van der Waals surface area contributed by atoms with Crippen molar-refractivity contribution in [3.8, 4) is 12.3 Å². The minimum Gasteiger partial charge on any atom is -0.460 e. The zero-order valence-corrected chi connectivity index (χ0v) is 23.1. The number of hydrogen-bond donors (Lipinski definition) is 0. The van der Waals surface area contributed by atoms with Gasteiger partial charge < -0.3 is 18.9 Å². The second-order valence-corrected chi connectivity index (χ2v) is 11.4. The predicted molar refractivity (Wildman–Crippen MR) is 146 cm³/mol. The van der Waals surface area contributed by atoms with E-state index in [1.165, 1.54) is 17.9 Å². The molecule has 202 valence electrons. The van der Waals surface area contributed by atoms with E-state index in [0.717, 1.165) is 37.2 Å². The fourth-order valence-corrected chi connectivity index (χ4v) is 4.92. The molecule has 2 unspecified atom stereocenters. The lowest BCUT2D eigenvalue weighted by atomic mass is 9.81. The van der Waals surface area contributed by atoms with Gasteiger partial charge in [-0.3, -0.25) is 4.79 Å². The minimum atomic E-state index is -0.435. The van der Waals surface area contributed by atoms with Gasteiger partial charge in [0, 0.05) is 13.0 Å². The van der Waals surface area contributed by atoms with Crippen LogP contribution in [0.3, 0.4) is 0 Å². The van der Waals surface area contributed by atoms with Gasteiger partial charge in [-0.25, -0.2) is 0 Å². The van der Waals surface area contributed by atoms with E-state index in [4.69, 9.17) is 25.4 Å². The zero-order chi connectivity index (χ0) is 25.1. The second-order valence-electron chi connectivity index (χ2n) is 10.3. The fourth-order valence-electron chi connectivity index (χ4n) is 3.35. The Labute approximate surface area is 215 Å². The van der Waals surface area contributed by atoms with Crippen LogP contribution in [0.1, 0.15) is 81.6 Å². The topological polar surface area (TPSA) is 54.0 Å². The van der Waals surface area contributed by atoms with E-state index in [1.807, 2.05) is 20.8 Å². The molecule has 1 aliphatic rings. The molecule has 1 heterocycles. The lowest BCUT2D eigenvalue weighted by molar-refractivity contribution is -0.156. The van der Waals surface area contributed by atoms with Gasteiger partial charge in [-0.2, -0.15) is 11.8 Å². The summed E-state index contributed by atoms with van der Waals surface area (Å²) in [5, 5.41) is 0. The first-order chi connectivity index (χ1) is 15.6. The third-order valence-electron chi connectivity index (χ3n) is 5.24. The summed E-state index contributed by atoms with van der Waals surface area (Å²) in [5.41, 5.74) is -0.435. The largest absolute Gasteiger partial charge is 0.460 e. The molecule has 0 spiro atoms. The summed E-state index contributed by atoms with van der Waals surface area (Å²) < 4.78 is 21.3. The van der Waals surface area contributed by atoms with Crippen LogP contribution in [0.2, 0.25) is 0 Å². The van der Waals surface area contributed by atoms with E-state index in [9.17, 15) is 4.79 Å². The van der Waals surface area contributed by atoms with Crippen molar-refractivity contribution in [2.75, 3.05) is 51.1 Å². The van der Waals surface area contributed by atoms with Gasteiger partial charge in [0.15, 0.2) is 0 Å². The van der Waals surface area contributed by atoms with Gasteiger partial charge >= 0.3 is 5.97 Å². The van der Waals surface area contributed by atoms with Gasteiger partial charge in [0.2, 0.25) is 0 Å². The second kappa shape index (κ2) is 21.5. The van der Waals surface area contributed by atoms with Crippen molar-refractivity contribution >= 4 is 17.7 Å². The molecule has 1 fully saturated rings. The maximum absolute atomic E-state index is 11.4. The van der Waals surface area contributed by atoms with E-state index in [-0.39, 0.29) is 19.8 Å². The molecule has 6 heteroatoms. The van der Waals surface area contributed by atoms with Crippen LogP contribution < -0.4 is 0 Å². The molecular weight excluding hydrogens is 448 g/mol. The third-order valence-corrected chi connectivity index (χ3v) is 6.38. The summed E-state index contributed by atoms with van der Waals surface area (Å²) in [6, 6.07) is 0. The molecule has 0 amide bonds. The number of thioether (sulfide) groups is 1. The van der Waals surface area contributed by atoms with Gasteiger partial charge in [-0.15, -0.1) is 12.3 Å². The summed E-state index contributed by atoms with van der Waals surface area (Å²) in [5.74, 6) is 8.35. The van der Waals surface area contributed by atoms with Crippen molar-refractivity contribution in [3.63, 3.8) is 0 Å². The molecule has 0 bridgehead atoms. The normalized spacial score (nSPS) is 18.0. The molecule has 1 saturated heterocycles. The zero-order valence-electron chi connectivity index (χ0n) is 22.3. The Kier molecular flexibility index (Phi) is 22.4.